The van der Waals surface area contributed by atoms with Crippen LogP contribution in [0.1, 0.15) is 26.2 Å². The number of amides is 2. The van der Waals surface area contributed by atoms with Gasteiger partial charge in [-0.05, 0) is 18.9 Å². The van der Waals surface area contributed by atoms with E-state index in [-0.39, 0.29) is 12.6 Å². The quantitative estimate of drug-likeness (QED) is 0.590. The molecule has 7 nitrogen and oxygen atoms in total. The second kappa shape index (κ2) is 8.95. The molecular formula is C13H22N4O3. The van der Waals surface area contributed by atoms with Crippen molar-refractivity contribution in [1.29, 1.82) is 0 Å². The number of aliphatic carboxylic acids is 1. The highest BCUT2D eigenvalue weighted by atomic mass is 16.4. The molecule has 0 aliphatic rings. The van der Waals surface area contributed by atoms with Gasteiger partial charge in [0.2, 0.25) is 0 Å². The molecule has 0 bridgehead atoms. The van der Waals surface area contributed by atoms with Gasteiger partial charge in [-0.25, -0.2) is 4.79 Å². The van der Waals surface area contributed by atoms with Crippen molar-refractivity contribution in [2.24, 2.45) is 5.92 Å². The van der Waals surface area contributed by atoms with E-state index >= 15 is 0 Å². The predicted molar refractivity (Wildman–Crippen MR) is 74.3 cm³/mol. The number of aromatic nitrogens is 2. The van der Waals surface area contributed by atoms with Crippen molar-refractivity contribution in [2.45, 2.75) is 32.7 Å². The van der Waals surface area contributed by atoms with E-state index in [4.69, 9.17) is 5.11 Å². The van der Waals surface area contributed by atoms with Crippen LogP contribution in [0.15, 0.2) is 18.5 Å². The number of rotatable bonds is 9. The monoisotopic (exact) mass is 282 g/mol. The minimum absolute atomic E-state index is 0.161. The Hall–Kier alpha value is -2.05. The Balaban J connectivity index is 2.11. The van der Waals surface area contributed by atoms with Crippen molar-refractivity contribution < 1.29 is 14.7 Å². The molecule has 0 radical (unpaired) electrons. The lowest BCUT2D eigenvalue weighted by Crippen LogP contribution is -2.40. The summed E-state index contributed by atoms with van der Waals surface area (Å²) in [6.45, 7) is 3.34. The molecule has 1 rings (SSSR count). The molecule has 0 fully saturated rings. The highest BCUT2D eigenvalue weighted by molar-refractivity contribution is 5.75. The molecule has 0 saturated carbocycles. The maximum Gasteiger partial charge on any atom is 0.314 e. The largest absolute Gasteiger partial charge is 0.481 e. The summed E-state index contributed by atoms with van der Waals surface area (Å²) in [5.41, 5.74) is 0. The molecule has 7 heteroatoms. The molecule has 20 heavy (non-hydrogen) atoms. The fourth-order valence-corrected chi connectivity index (χ4v) is 1.82. The molecule has 0 saturated heterocycles. The van der Waals surface area contributed by atoms with Gasteiger partial charge in [-0.15, -0.1) is 0 Å². The van der Waals surface area contributed by atoms with Crippen LogP contribution in [-0.2, 0) is 11.3 Å². The number of carboxylic acid groups (broad SMARTS) is 1. The van der Waals surface area contributed by atoms with Crippen LogP contribution in [0, 0.1) is 5.92 Å². The third-order valence-electron chi connectivity index (χ3n) is 2.90. The van der Waals surface area contributed by atoms with Gasteiger partial charge in [0, 0.05) is 32.0 Å². The van der Waals surface area contributed by atoms with Crippen molar-refractivity contribution in [3.8, 4) is 0 Å². The molecule has 112 valence electrons. The van der Waals surface area contributed by atoms with Crippen LogP contribution in [0.25, 0.3) is 0 Å². The second-order valence-electron chi connectivity index (χ2n) is 4.58. The molecule has 1 aromatic rings. The summed E-state index contributed by atoms with van der Waals surface area (Å²) in [7, 11) is 0. The average molecular weight is 282 g/mol. The molecule has 2 amide bonds. The third-order valence-corrected chi connectivity index (χ3v) is 2.90. The van der Waals surface area contributed by atoms with E-state index < -0.39 is 11.9 Å². The Kier molecular flexibility index (Phi) is 7.16. The Bertz CT molecular complexity index is 406. The topological polar surface area (TPSA) is 96.3 Å². The minimum atomic E-state index is -0.870. The van der Waals surface area contributed by atoms with Crippen LogP contribution in [0.5, 0.6) is 0 Å². The zero-order valence-corrected chi connectivity index (χ0v) is 11.7. The fraction of sp³-hybridized carbons (Fsp3) is 0.615. The third kappa shape index (κ3) is 6.21. The van der Waals surface area contributed by atoms with Gasteiger partial charge in [0.15, 0.2) is 0 Å². The van der Waals surface area contributed by atoms with Gasteiger partial charge in [0.25, 0.3) is 0 Å². The van der Waals surface area contributed by atoms with Crippen LogP contribution in [0.4, 0.5) is 4.79 Å². The molecule has 0 aromatic carbocycles. The van der Waals surface area contributed by atoms with Gasteiger partial charge in [-0.1, -0.05) is 13.3 Å². The van der Waals surface area contributed by atoms with Gasteiger partial charge >= 0.3 is 12.0 Å². The van der Waals surface area contributed by atoms with Gasteiger partial charge < -0.3 is 15.7 Å². The second-order valence-corrected chi connectivity index (χ2v) is 4.58. The van der Waals surface area contributed by atoms with Crippen molar-refractivity contribution >= 4 is 12.0 Å². The minimum Gasteiger partial charge on any atom is -0.481 e. The summed E-state index contributed by atoms with van der Waals surface area (Å²) in [5.74, 6) is -1.39. The van der Waals surface area contributed by atoms with E-state index in [2.05, 4.69) is 15.7 Å². The van der Waals surface area contributed by atoms with Crippen LogP contribution in [0.2, 0.25) is 0 Å². The standard InChI is InChI=1S/C13H22N4O3/c1-2-5-11(12(18)19)10-15-13(20)14-6-3-8-17-9-4-7-16-17/h4,7,9,11H,2-3,5-6,8,10H2,1H3,(H,18,19)(H2,14,15,20). The number of carbonyl (C=O) groups is 2. The summed E-state index contributed by atoms with van der Waals surface area (Å²) < 4.78 is 1.79. The van der Waals surface area contributed by atoms with Crippen LogP contribution < -0.4 is 10.6 Å². The van der Waals surface area contributed by atoms with Crippen LogP contribution in [-0.4, -0.2) is 40.0 Å². The van der Waals surface area contributed by atoms with Gasteiger partial charge in [0.05, 0.1) is 5.92 Å². The first-order valence-electron chi connectivity index (χ1n) is 6.85. The van der Waals surface area contributed by atoms with Crippen LogP contribution >= 0.6 is 0 Å². The number of hydrogen-bond donors (Lipinski definition) is 3. The van der Waals surface area contributed by atoms with E-state index in [1.807, 2.05) is 19.2 Å². The van der Waals surface area contributed by atoms with Gasteiger partial charge in [0.1, 0.15) is 0 Å². The van der Waals surface area contributed by atoms with Crippen molar-refractivity contribution in [3.63, 3.8) is 0 Å². The van der Waals surface area contributed by atoms with E-state index in [0.717, 1.165) is 19.4 Å². The number of nitrogens with one attached hydrogen (secondary N) is 2. The first kappa shape index (κ1) is 16.0. The summed E-state index contributed by atoms with van der Waals surface area (Å²) in [6.07, 6.45) is 5.69. The highest BCUT2D eigenvalue weighted by Gasteiger charge is 2.16. The number of hydrogen-bond acceptors (Lipinski definition) is 3. The zero-order valence-electron chi connectivity index (χ0n) is 11.7. The number of aryl methyl sites for hydroxylation is 1. The van der Waals surface area contributed by atoms with Gasteiger partial charge in [-0.2, -0.15) is 5.10 Å². The summed E-state index contributed by atoms with van der Waals surface area (Å²) >= 11 is 0. The molecule has 1 unspecified atom stereocenters. The predicted octanol–water partition coefficient (Wildman–Crippen LogP) is 1.07. The molecule has 1 atom stereocenters. The van der Waals surface area contributed by atoms with Crippen molar-refractivity contribution in [3.05, 3.63) is 18.5 Å². The maximum absolute atomic E-state index is 11.5. The molecule has 0 aliphatic heterocycles. The lowest BCUT2D eigenvalue weighted by molar-refractivity contribution is -0.141. The highest BCUT2D eigenvalue weighted by Crippen LogP contribution is 2.04. The van der Waals surface area contributed by atoms with Crippen molar-refractivity contribution in [2.75, 3.05) is 13.1 Å². The van der Waals surface area contributed by atoms with Crippen LogP contribution in [0.3, 0.4) is 0 Å². The Labute approximate surface area is 118 Å². The number of urea groups is 1. The van der Waals surface area contributed by atoms with E-state index in [0.29, 0.717) is 13.0 Å². The average Bonchev–Trinajstić information content (AvgIpc) is 2.92. The zero-order chi connectivity index (χ0) is 14.8. The lowest BCUT2D eigenvalue weighted by Gasteiger charge is -2.13. The summed E-state index contributed by atoms with van der Waals surface area (Å²) in [5, 5.41) is 18.3. The molecule has 0 aliphatic carbocycles. The number of carbonyl (C=O) groups excluding carboxylic acids is 1. The Morgan fingerprint density at radius 3 is 2.80 bits per heavy atom. The smallest absolute Gasteiger partial charge is 0.314 e. The Morgan fingerprint density at radius 1 is 1.40 bits per heavy atom. The number of carboxylic acids is 1. The SMILES string of the molecule is CCCC(CNC(=O)NCCCn1cccn1)C(=O)O. The molecule has 1 heterocycles. The lowest BCUT2D eigenvalue weighted by atomic mass is 10.0. The summed E-state index contributed by atoms with van der Waals surface area (Å²) in [6, 6.07) is 1.52. The fourth-order valence-electron chi connectivity index (χ4n) is 1.82. The maximum atomic E-state index is 11.5. The summed E-state index contributed by atoms with van der Waals surface area (Å²) in [4.78, 5) is 22.4. The van der Waals surface area contributed by atoms with E-state index in [1.54, 1.807) is 10.9 Å². The first-order chi connectivity index (χ1) is 9.63. The number of nitrogens with zero attached hydrogens (tertiary/aromatic N) is 2. The Morgan fingerprint density at radius 2 is 2.20 bits per heavy atom. The van der Waals surface area contributed by atoms with E-state index in [1.165, 1.54) is 0 Å². The molecule has 0 spiro atoms. The molecule has 1 aromatic heterocycles. The van der Waals surface area contributed by atoms with Crippen molar-refractivity contribution in [1.82, 2.24) is 20.4 Å². The molecule has 3 N–H and O–H groups in total. The van der Waals surface area contributed by atoms with Gasteiger partial charge in [-0.3, -0.25) is 9.48 Å². The first-order valence-corrected chi connectivity index (χ1v) is 6.85. The molecular weight excluding hydrogens is 260 g/mol. The normalized spacial score (nSPS) is 11.8. The van der Waals surface area contributed by atoms with E-state index in [9.17, 15) is 9.59 Å².